The number of hydrogen-bond donors (Lipinski definition) is 0. The van der Waals surface area contributed by atoms with Crippen LogP contribution in [0.5, 0.6) is 0 Å². The molecule has 6 nitrogen and oxygen atoms in total. The average molecular weight is 409 g/mol. The lowest BCUT2D eigenvalue weighted by Crippen LogP contribution is -2.47. The fraction of sp³-hybridized carbons (Fsp3) is 0.583. The number of anilines is 1. The molecule has 0 amide bonds. The van der Waals surface area contributed by atoms with Gasteiger partial charge in [0.1, 0.15) is 0 Å². The summed E-state index contributed by atoms with van der Waals surface area (Å²) in [4.78, 5) is 17.4. The van der Waals surface area contributed by atoms with E-state index in [4.69, 9.17) is 9.84 Å². The average Bonchev–Trinajstić information content (AvgIpc) is 3.26. The number of carbonyl (C=O) groups excluding carboxylic acids is 1. The molecular weight excluding hydrogens is 376 g/mol. The lowest BCUT2D eigenvalue weighted by molar-refractivity contribution is 0.0517. The number of fused-ring (bicyclic) bond motifs is 3. The number of aromatic nitrogens is 2. The molecule has 2 fully saturated rings. The number of piperazine rings is 1. The van der Waals surface area contributed by atoms with Crippen LogP contribution < -0.4 is 4.90 Å². The number of hydrogen-bond acceptors (Lipinski definition) is 5. The highest BCUT2D eigenvalue weighted by atomic mass is 16.5. The molecule has 1 aromatic carbocycles. The zero-order chi connectivity index (χ0) is 20.8. The van der Waals surface area contributed by atoms with E-state index < -0.39 is 0 Å². The van der Waals surface area contributed by atoms with Gasteiger partial charge in [0.2, 0.25) is 0 Å². The van der Waals surface area contributed by atoms with E-state index in [1.165, 1.54) is 34.5 Å². The highest BCUT2D eigenvalue weighted by Crippen LogP contribution is 2.57. The van der Waals surface area contributed by atoms with Gasteiger partial charge in [-0.25, -0.2) is 4.79 Å². The van der Waals surface area contributed by atoms with Crippen LogP contribution in [0.2, 0.25) is 0 Å². The predicted octanol–water partition coefficient (Wildman–Crippen LogP) is 3.16. The summed E-state index contributed by atoms with van der Waals surface area (Å²) in [5, 5.41) is 4.70. The van der Waals surface area contributed by atoms with Crippen molar-refractivity contribution in [2.24, 2.45) is 5.92 Å². The highest BCUT2D eigenvalue weighted by Gasteiger charge is 2.50. The monoisotopic (exact) mass is 408 g/mol. The second kappa shape index (κ2) is 7.73. The largest absolute Gasteiger partial charge is 0.461 e. The summed E-state index contributed by atoms with van der Waals surface area (Å²) in [5.74, 6) is 1.04. The van der Waals surface area contributed by atoms with Gasteiger partial charge >= 0.3 is 5.97 Å². The van der Waals surface area contributed by atoms with Gasteiger partial charge in [-0.05, 0) is 62.6 Å². The minimum absolute atomic E-state index is 0.248. The molecule has 0 radical (unpaired) electrons. The third-order valence-electron chi connectivity index (χ3n) is 7.23. The minimum atomic E-state index is -0.248. The number of nitrogens with zero attached hydrogens (tertiary/aromatic N) is 4. The van der Waals surface area contributed by atoms with Crippen molar-refractivity contribution in [1.82, 2.24) is 14.7 Å². The summed E-state index contributed by atoms with van der Waals surface area (Å²) in [6.07, 6.45) is 2.29. The van der Waals surface area contributed by atoms with E-state index in [-0.39, 0.29) is 5.97 Å². The number of ether oxygens (including phenoxy) is 1. The Morgan fingerprint density at radius 1 is 1.17 bits per heavy atom. The van der Waals surface area contributed by atoms with Crippen molar-refractivity contribution in [3.8, 4) is 0 Å². The summed E-state index contributed by atoms with van der Waals surface area (Å²) < 4.78 is 7.37. The van der Waals surface area contributed by atoms with Crippen molar-refractivity contribution in [2.75, 3.05) is 44.2 Å². The Hall–Kier alpha value is -2.34. The summed E-state index contributed by atoms with van der Waals surface area (Å²) in [6, 6.07) is 6.59. The van der Waals surface area contributed by atoms with E-state index in [0.717, 1.165) is 51.6 Å². The maximum Gasteiger partial charge on any atom is 0.359 e. The number of carbonyl (C=O) groups is 1. The van der Waals surface area contributed by atoms with Crippen molar-refractivity contribution in [2.45, 2.75) is 46.1 Å². The van der Waals surface area contributed by atoms with E-state index in [2.05, 4.69) is 46.5 Å². The Kier molecular flexibility index (Phi) is 5.05. The van der Waals surface area contributed by atoms with E-state index >= 15 is 0 Å². The van der Waals surface area contributed by atoms with Gasteiger partial charge in [-0.1, -0.05) is 12.1 Å². The number of rotatable bonds is 6. The quantitative estimate of drug-likeness (QED) is 0.688. The molecule has 30 heavy (non-hydrogen) atoms. The molecule has 2 heterocycles. The first-order chi connectivity index (χ1) is 14.6. The molecular formula is C24H32N4O2. The maximum absolute atomic E-state index is 12.4. The van der Waals surface area contributed by atoms with Gasteiger partial charge in [-0.3, -0.25) is 9.58 Å². The molecule has 0 unspecified atom stereocenters. The maximum atomic E-state index is 12.4. The van der Waals surface area contributed by atoms with Crippen LogP contribution in [0, 0.1) is 19.8 Å². The van der Waals surface area contributed by atoms with Crippen LogP contribution in [0.15, 0.2) is 18.2 Å². The Balaban J connectivity index is 1.22. The zero-order valence-corrected chi connectivity index (χ0v) is 18.4. The molecule has 2 aliphatic carbocycles. The number of aryl methyl sites for hydroxylation is 1. The topological polar surface area (TPSA) is 50.6 Å². The Labute approximate surface area is 178 Å². The summed E-state index contributed by atoms with van der Waals surface area (Å²) in [5.41, 5.74) is 7.18. The van der Waals surface area contributed by atoms with Crippen LogP contribution in [0.25, 0.3) is 0 Å². The fourth-order valence-corrected chi connectivity index (χ4v) is 5.25. The van der Waals surface area contributed by atoms with Crippen molar-refractivity contribution in [3.05, 3.63) is 46.3 Å². The molecule has 1 aromatic heterocycles. The fourth-order valence-electron chi connectivity index (χ4n) is 5.25. The smallest absolute Gasteiger partial charge is 0.359 e. The van der Waals surface area contributed by atoms with Crippen molar-refractivity contribution < 1.29 is 9.53 Å². The predicted molar refractivity (Wildman–Crippen MR) is 117 cm³/mol. The van der Waals surface area contributed by atoms with E-state index in [1.807, 2.05) is 6.92 Å². The molecule has 1 aliphatic heterocycles. The lowest BCUT2D eigenvalue weighted by atomic mass is 10.1. The standard InChI is InChI=1S/C24H32N4O2/c1-4-30-24(29)23-22-19-14-18(19)15-21(22)28(25-23)13-10-26-8-11-27(12-9-26)20-7-5-6-16(2)17(20)3/h5-7,18-19H,4,8-15H2,1-3H3/t18-,19-/m1/s1. The Morgan fingerprint density at radius 2 is 1.97 bits per heavy atom. The van der Waals surface area contributed by atoms with E-state index in [0.29, 0.717) is 18.2 Å². The first-order valence-corrected chi connectivity index (χ1v) is 11.4. The summed E-state index contributed by atoms with van der Waals surface area (Å²) in [6.45, 7) is 12.7. The number of esters is 1. The second-order valence-electron chi connectivity index (χ2n) is 9.01. The van der Waals surface area contributed by atoms with Crippen molar-refractivity contribution in [3.63, 3.8) is 0 Å². The molecule has 6 heteroatoms. The second-order valence-corrected chi connectivity index (χ2v) is 9.01. The van der Waals surface area contributed by atoms with Gasteiger partial charge in [-0.15, -0.1) is 0 Å². The van der Waals surface area contributed by atoms with Crippen LogP contribution in [-0.4, -0.2) is 60.0 Å². The van der Waals surface area contributed by atoms with Crippen LogP contribution in [0.3, 0.4) is 0 Å². The summed E-state index contributed by atoms with van der Waals surface area (Å²) >= 11 is 0. The molecule has 0 spiro atoms. The lowest BCUT2D eigenvalue weighted by Gasteiger charge is -2.37. The van der Waals surface area contributed by atoms with Crippen LogP contribution in [-0.2, 0) is 17.7 Å². The molecule has 5 rings (SSSR count). The Bertz CT molecular complexity index is 958. The Morgan fingerprint density at radius 3 is 2.73 bits per heavy atom. The van der Waals surface area contributed by atoms with Crippen LogP contribution in [0.4, 0.5) is 5.69 Å². The van der Waals surface area contributed by atoms with Gasteiger partial charge in [0.25, 0.3) is 0 Å². The minimum Gasteiger partial charge on any atom is -0.461 e. The highest BCUT2D eigenvalue weighted by molar-refractivity contribution is 5.90. The number of benzene rings is 1. The van der Waals surface area contributed by atoms with E-state index in [1.54, 1.807) is 0 Å². The van der Waals surface area contributed by atoms with E-state index in [9.17, 15) is 4.79 Å². The van der Waals surface area contributed by atoms with Gasteiger partial charge in [0.15, 0.2) is 5.69 Å². The van der Waals surface area contributed by atoms with Gasteiger partial charge in [0.05, 0.1) is 13.2 Å². The first kappa shape index (κ1) is 19.6. The van der Waals surface area contributed by atoms with Gasteiger partial charge in [-0.2, -0.15) is 5.10 Å². The molecule has 1 saturated carbocycles. The molecule has 2 aromatic rings. The molecule has 160 valence electrons. The van der Waals surface area contributed by atoms with Gasteiger partial charge in [0, 0.05) is 49.7 Å². The molecule has 0 N–H and O–H groups in total. The SMILES string of the molecule is CCOC(=O)c1nn(CCN2CCN(c3cccc(C)c3C)CC2)c2c1[C@@H]1C[C@@H]1C2. The van der Waals surface area contributed by atoms with Crippen LogP contribution in [0.1, 0.15) is 52.1 Å². The van der Waals surface area contributed by atoms with Crippen molar-refractivity contribution >= 4 is 11.7 Å². The third kappa shape index (κ3) is 3.41. The third-order valence-corrected chi connectivity index (χ3v) is 7.23. The zero-order valence-electron chi connectivity index (χ0n) is 18.4. The molecule has 1 saturated heterocycles. The van der Waals surface area contributed by atoms with Crippen LogP contribution >= 0.6 is 0 Å². The van der Waals surface area contributed by atoms with Crippen molar-refractivity contribution in [1.29, 1.82) is 0 Å². The van der Waals surface area contributed by atoms with Gasteiger partial charge < -0.3 is 9.64 Å². The first-order valence-electron chi connectivity index (χ1n) is 11.4. The molecule has 3 aliphatic rings. The molecule has 2 atom stereocenters. The summed E-state index contributed by atoms with van der Waals surface area (Å²) in [7, 11) is 0. The normalized spacial score (nSPS) is 22.7. The molecule has 0 bridgehead atoms.